The molecular formula is C24H31ClF3N5OS. The fraction of sp³-hybridized carbons (Fsp3) is 0.625. The van der Waals surface area contributed by atoms with E-state index >= 15 is 0 Å². The van der Waals surface area contributed by atoms with Crippen molar-refractivity contribution in [2.75, 3.05) is 31.9 Å². The molecule has 3 aliphatic rings. The van der Waals surface area contributed by atoms with Gasteiger partial charge in [-0.25, -0.2) is 0 Å². The van der Waals surface area contributed by atoms with Gasteiger partial charge in [-0.15, -0.1) is 22.6 Å². The fourth-order valence-corrected chi connectivity index (χ4v) is 6.40. The van der Waals surface area contributed by atoms with Crippen LogP contribution >= 0.6 is 24.2 Å². The second-order valence-electron chi connectivity index (χ2n) is 9.91. The van der Waals surface area contributed by atoms with Gasteiger partial charge in [-0.2, -0.15) is 13.2 Å². The second-order valence-corrected chi connectivity index (χ2v) is 11.0. The Kier molecular flexibility index (Phi) is 7.74. The Bertz CT molecular complexity index is 1040. The van der Waals surface area contributed by atoms with Crippen LogP contribution in [0.15, 0.2) is 29.4 Å². The molecule has 35 heavy (non-hydrogen) atoms. The molecular weight excluding hydrogens is 499 g/mol. The summed E-state index contributed by atoms with van der Waals surface area (Å²) >= 11 is 1.72. The lowest BCUT2D eigenvalue weighted by Crippen LogP contribution is -2.34. The molecule has 6 nitrogen and oxygen atoms in total. The largest absolute Gasteiger partial charge is 0.416 e. The van der Waals surface area contributed by atoms with Crippen molar-refractivity contribution in [3.63, 3.8) is 0 Å². The van der Waals surface area contributed by atoms with Crippen molar-refractivity contribution < 1.29 is 18.0 Å². The maximum atomic E-state index is 12.8. The number of halogens is 4. The molecule has 2 saturated heterocycles. The number of nitrogens with one attached hydrogen (secondary N) is 1. The van der Waals surface area contributed by atoms with Crippen molar-refractivity contribution in [2.45, 2.75) is 55.3 Å². The lowest BCUT2D eigenvalue weighted by Gasteiger charge is -2.21. The first-order valence-electron chi connectivity index (χ1n) is 11.9. The first kappa shape index (κ1) is 26.3. The van der Waals surface area contributed by atoms with Crippen molar-refractivity contribution in [3.05, 3.63) is 41.2 Å². The molecule has 3 heterocycles. The zero-order chi connectivity index (χ0) is 23.9. The van der Waals surface area contributed by atoms with Crippen molar-refractivity contribution in [3.8, 4) is 0 Å². The minimum atomic E-state index is -4.28. The van der Waals surface area contributed by atoms with Crippen LogP contribution in [0.4, 0.5) is 13.2 Å². The number of amides is 1. The molecule has 1 aliphatic carbocycles. The monoisotopic (exact) mass is 529 g/mol. The Labute approximate surface area is 213 Å². The van der Waals surface area contributed by atoms with Crippen molar-refractivity contribution in [1.82, 2.24) is 25.0 Å². The van der Waals surface area contributed by atoms with Crippen LogP contribution in [0.5, 0.6) is 0 Å². The van der Waals surface area contributed by atoms with E-state index < -0.39 is 11.7 Å². The minimum absolute atomic E-state index is 0. The molecule has 3 atom stereocenters. The van der Waals surface area contributed by atoms with Gasteiger partial charge >= 0.3 is 6.18 Å². The van der Waals surface area contributed by atoms with Crippen LogP contribution in [-0.4, -0.2) is 57.5 Å². The molecule has 1 saturated carbocycles. The van der Waals surface area contributed by atoms with E-state index in [9.17, 15) is 18.0 Å². The van der Waals surface area contributed by atoms with E-state index in [1.807, 2.05) is 7.05 Å². The number of rotatable bonds is 7. The van der Waals surface area contributed by atoms with E-state index in [2.05, 4.69) is 25.0 Å². The molecule has 11 heteroatoms. The lowest BCUT2D eigenvalue weighted by molar-refractivity contribution is -0.137. The maximum absolute atomic E-state index is 12.8. The molecule has 1 aromatic carbocycles. The Hall–Kier alpha value is -1.78. The Balaban J connectivity index is 0.00000289. The first-order chi connectivity index (χ1) is 16.2. The third-order valence-electron chi connectivity index (χ3n) is 7.64. The minimum Gasteiger partial charge on any atom is -0.355 e. The summed E-state index contributed by atoms with van der Waals surface area (Å²) in [4.78, 5) is 13.9. The highest BCUT2D eigenvalue weighted by atomic mass is 35.5. The van der Waals surface area contributed by atoms with Crippen LogP contribution in [-0.2, 0) is 18.0 Å². The summed E-state index contributed by atoms with van der Waals surface area (Å²) in [7, 11) is 1.99. The number of alkyl halides is 3. The highest BCUT2D eigenvalue weighted by molar-refractivity contribution is 7.99. The quantitative estimate of drug-likeness (QED) is 0.419. The van der Waals surface area contributed by atoms with Gasteiger partial charge in [0.1, 0.15) is 5.82 Å². The van der Waals surface area contributed by atoms with Gasteiger partial charge in [-0.1, -0.05) is 23.9 Å². The van der Waals surface area contributed by atoms with E-state index in [1.165, 1.54) is 12.1 Å². The number of aromatic nitrogens is 3. The SMILES string of the molecule is Cl.Cn1c(SCCCN2CC[C@]3(C[C@@H]3c3ccc(C(F)(F)F)cc3)C2)nnc1C1CCC(=O)NC1. The van der Waals surface area contributed by atoms with Crippen molar-refractivity contribution in [2.24, 2.45) is 12.5 Å². The molecule has 3 fully saturated rings. The maximum Gasteiger partial charge on any atom is 0.416 e. The zero-order valence-corrected chi connectivity index (χ0v) is 21.3. The van der Waals surface area contributed by atoms with Crippen LogP contribution in [0.2, 0.25) is 0 Å². The van der Waals surface area contributed by atoms with E-state index in [1.54, 1.807) is 23.9 Å². The molecule has 1 N–H and O–H groups in total. The summed E-state index contributed by atoms with van der Waals surface area (Å²) in [5.41, 5.74) is 0.721. The van der Waals surface area contributed by atoms with Gasteiger partial charge in [0.2, 0.25) is 5.91 Å². The molecule has 1 aromatic heterocycles. The van der Waals surface area contributed by atoms with E-state index in [0.717, 1.165) is 67.6 Å². The smallest absolute Gasteiger partial charge is 0.355 e. The van der Waals surface area contributed by atoms with Gasteiger partial charge in [-0.3, -0.25) is 4.79 Å². The Morgan fingerprint density at radius 2 is 2.00 bits per heavy atom. The number of hydrogen-bond acceptors (Lipinski definition) is 5. The average Bonchev–Trinajstić information content (AvgIpc) is 3.16. The van der Waals surface area contributed by atoms with Crippen LogP contribution < -0.4 is 5.32 Å². The van der Waals surface area contributed by atoms with Crippen molar-refractivity contribution in [1.29, 1.82) is 0 Å². The highest BCUT2D eigenvalue weighted by Crippen LogP contribution is 2.64. The second kappa shape index (κ2) is 10.3. The predicted octanol–water partition coefficient (Wildman–Crippen LogP) is 4.61. The third kappa shape index (κ3) is 5.64. The molecule has 1 spiro atoms. The predicted molar refractivity (Wildman–Crippen MR) is 131 cm³/mol. The summed E-state index contributed by atoms with van der Waals surface area (Å²) < 4.78 is 40.5. The highest BCUT2D eigenvalue weighted by Gasteiger charge is 2.57. The number of carbonyl (C=O) groups excluding carboxylic acids is 1. The number of piperidine rings is 1. The van der Waals surface area contributed by atoms with E-state index in [-0.39, 0.29) is 29.6 Å². The summed E-state index contributed by atoms with van der Waals surface area (Å²) in [6.07, 6.45) is 0.322. The Morgan fingerprint density at radius 1 is 1.23 bits per heavy atom. The summed E-state index contributed by atoms with van der Waals surface area (Å²) in [6.45, 7) is 3.74. The molecule has 2 aliphatic heterocycles. The topological polar surface area (TPSA) is 63.1 Å². The van der Waals surface area contributed by atoms with Gasteiger partial charge in [0.15, 0.2) is 5.16 Å². The number of nitrogens with zero attached hydrogens (tertiary/aromatic N) is 4. The van der Waals surface area contributed by atoms with Gasteiger partial charge in [0.25, 0.3) is 0 Å². The number of benzene rings is 1. The van der Waals surface area contributed by atoms with Gasteiger partial charge in [0.05, 0.1) is 5.56 Å². The molecule has 192 valence electrons. The lowest BCUT2D eigenvalue weighted by atomic mass is 9.97. The number of carbonyl (C=O) groups is 1. The van der Waals surface area contributed by atoms with E-state index in [4.69, 9.17) is 0 Å². The van der Waals surface area contributed by atoms with Gasteiger partial charge < -0.3 is 14.8 Å². The van der Waals surface area contributed by atoms with E-state index in [0.29, 0.717) is 18.9 Å². The summed E-state index contributed by atoms with van der Waals surface area (Å²) in [5.74, 6) is 2.61. The first-order valence-corrected chi connectivity index (χ1v) is 12.9. The standard InChI is InChI=1S/C24H30F3N5OS.ClH/c1-31-21(17-5-8-20(33)28-14-17)29-30-22(31)34-12-2-10-32-11-9-23(15-32)13-19(23)16-3-6-18(7-4-16)24(25,26)27;/h3-4,6-7,17,19H,2,5,8-15H2,1H3,(H,28,33);1H/t17?,19-,23+;/m1./s1. The van der Waals surface area contributed by atoms with Gasteiger partial charge in [0, 0.05) is 38.2 Å². The van der Waals surface area contributed by atoms with Crippen LogP contribution in [0.1, 0.15) is 60.9 Å². The normalized spacial score (nSPS) is 26.6. The van der Waals surface area contributed by atoms with Crippen LogP contribution in [0.3, 0.4) is 0 Å². The van der Waals surface area contributed by atoms with Crippen LogP contribution in [0, 0.1) is 5.41 Å². The Morgan fingerprint density at radius 3 is 2.69 bits per heavy atom. The van der Waals surface area contributed by atoms with Crippen LogP contribution in [0.25, 0.3) is 0 Å². The number of thioether (sulfide) groups is 1. The number of likely N-dealkylation sites (tertiary alicyclic amines) is 1. The summed E-state index contributed by atoms with van der Waals surface area (Å²) in [5, 5.41) is 12.5. The molecule has 0 bridgehead atoms. The molecule has 2 aromatic rings. The van der Waals surface area contributed by atoms with Gasteiger partial charge in [-0.05, 0) is 67.8 Å². The molecule has 1 amide bonds. The summed E-state index contributed by atoms with van der Waals surface area (Å²) in [6, 6.07) is 5.76. The average molecular weight is 530 g/mol. The fourth-order valence-electron chi connectivity index (χ4n) is 5.56. The number of hydrogen-bond donors (Lipinski definition) is 1. The molecule has 0 radical (unpaired) electrons. The zero-order valence-electron chi connectivity index (χ0n) is 19.7. The molecule has 5 rings (SSSR count). The van der Waals surface area contributed by atoms with Crippen molar-refractivity contribution >= 4 is 30.1 Å². The third-order valence-corrected chi connectivity index (χ3v) is 8.75. The molecule has 1 unspecified atom stereocenters.